The number of fused-ring (bicyclic) bond motifs is 6. The number of ether oxygens (including phenoxy) is 5. The molecule has 12 aromatic rings. The fourth-order valence-corrected chi connectivity index (χ4v) is 18.2. The number of alkyl carbamates (subject to hydrolysis) is 2. The van der Waals surface area contributed by atoms with Crippen molar-refractivity contribution < 1.29 is 62.8 Å². The Morgan fingerprint density at radius 3 is 1.27 bits per heavy atom. The van der Waals surface area contributed by atoms with E-state index in [-0.39, 0.29) is 117 Å². The molecule has 0 saturated carbocycles. The molecule has 3 spiro atoms. The first-order chi connectivity index (χ1) is 61.4. The minimum atomic E-state index is -0.545. The maximum atomic E-state index is 12.6. The molecule has 686 valence electrons. The maximum absolute atomic E-state index is 12.6. The van der Waals surface area contributed by atoms with Crippen molar-refractivity contribution in [1.29, 1.82) is 5.53 Å². The van der Waals surface area contributed by atoms with E-state index in [0.717, 1.165) is 172 Å². The van der Waals surface area contributed by atoms with Gasteiger partial charge in [0.15, 0.2) is 11.3 Å². The second kappa shape index (κ2) is 46.4. The van der Waals surface area contributed by atoms with Crippen LogP contribution in [0.1, 0.15) is 116 Å². The summed E-state index contributed by atoms with van der Waals surface area (Å²) in [4.78, 5) is 87.3. The number of benzene rings is 3. The Kier molecular flexibility index (Phi) is 35.9. The van der Waals surface area contributed by atoms with E-state index >= 15 is 0 Å². The van der Waals surface area contributed by atoms with Gasteiger partial charge >= 0.3 is 41.7 Å². The van der Waals surface area contributed by atoms with Crippen LogP contribution in [0.4, 0.5) is 27.4 Å². The molecule has 3 aromatic carbocycles. The number of carbonyl (C=O) groups excluding carboxylic acids is 2. The van der Waals surface area contributed by atoms with Crippen molar-refractivity contribution in [2.75, 3.05) is 73.8 Å². The molecule has 7 N–H and O–H groups in total. The van der Waals surface area contributed by atoms with Crippen molar-refractivity contribution in [3.63, 3.8) is 0 Å². The number of anilines is 3. The number of hydrogen-bond donors (Lipinski definition) is 5. The summed E-state index contributed by atoms with van der Waals surface area (Å²) in [5, 5.41) is 54.7. The van der Waals surface area contributed by atoms with Crippen LogP contribution >= 0.6 is 35.1 Å². The first-order valence-electron chi connectivity index (χ1n) is 40.6. The van der Waals surface area contributed by atoms with Crippen LogP contribution in [0, 0.1) is 27.8 Å². The van der Waals surface area contributed by atoms with Crippen molar-refractivity contribution in [2.24, 2.45) is 106 Å². The van der Waals surface area contributed by atoms with Crippen LogP contribution in [0.2, 0.25) is 5.15 Å². The summed E-state index contributed by atoms with van der Waals surface area (Å²) in [5.41, 5.74) is 16.7. The van der Waals surface area contributed by atoms with Crippen LogP contribution in [0.25, 0.3) is 49.7 Å². The van der Waals surface area contributed by atoms with Crippen LogP contribution in [0.15, 0.2) is 246 Å². The number of para-hydroxylation sites is 3. The Morgan fingerprint density at radius 1 is 0.496 bits per heavy atom. The summed E-state index contributed by atoms with van der Waals surface area (Å²) in [6, 6.07) is 26.7. The van der Waals surface area contributed by atoms with E-state index in [1.807, 2.05) is 174 Å². The van der Waals surface area contributed by atoms with Gasteiger partial charge in [0, 0.05) is 127 Å². The zero-order chi connectivity index (χ0) is 89.1. The van der Waals surface area contributed by atoms with Gasteiger partial charge in [-0.15, -0.1) is 6.20 Å². The van der Waals surface area contributed by atoms with Crippen molar-refractivity contribution >= 4 is 128 Å². The summed E-state index contributed by atoms with van der Waals surface area (Å²) in [6.07, 6.45) is 26.2. The standard InChI is InChI=1S/C28H33N7O3S.C23H25N7OS.C20H28N5O3.C8H5ClN2.2CH4.H3N17.Na.H2S/c1-18-22(33-26(36)38-27(2,3)4)28(16-37-18)9-12-34(13-10-28)25-30-15-21(23-29-11-14-35(23)25)39-24-19-7-5-6-8-20(19)31-17-32-24;1-15-19(24)23(13-31-15)6-9-29(10-7-23)22-26-12-18(20-25-8-11-30(20)22)32-21-16-4-2-3-5-17(16)27-14-28-21;1-14-16(23-18(26)28-19(2,3)4)20(13-27-14)6-10-24(11-7-20)17-22-8-5-15-21-9-12-25(15)17;9-8-6-3-1-2-4-7(6)10-5-11-8;;;1-3-5-7-9-11-13-15-17-16-14-12-10-8-6-4-2;;/h5-8,11,14-15,17-18,22H,9-10,12-13,16H2,1-4H3,(H,33,36);2-5,8,11-12,14-15,19H,6-7,9-10,13,24H2,1H3;8-9,12,14,16H,6-7,10-11,13H2,1-4H3,(H,23,26);1-5H;2*1H4;(H3,1,2,5,6,9,10,13,14,17);;1H2/q;;-1;;;;;+1;/p-1/t18-,22+;15-,19+;14-,16+;;;;;;/m000....../s1. The Labute approximate surface area is 796 Å². The van der Waals surface area contributed by atoms with Gasteiger partial charge in [-0.3, -0.25) is 18.8 Å². The van der Waals surface area contributed by atoms with Gasteiger partial charge in [0.05, 0.1) is 76.6 Å². The van der Waals surface area contributed by atoms with Crippen molar-refractivity contribution in [2.45, 2.75) is 183 Å². The van der Waals surface area contributed by atoms with E-state index in [0.29, 0.717) is 18.4 Å². The third-order valence-electron chi connectivity index (χ3n) is 22.3. The number of halogens is 1. The SMILES string of the molecule is C.C.C[C@@H]1OCC2(CCN(c3nc[c-]c4nccn34)CC2)[C@@H]1NC(=O)OC(C)(C)C.C[C@@H]1OCC2(CCN(c3ncc(Sc4ncnc5ccccc45)c4nccn34)CC2)[C@@H]1N.C[C@@H]1OCC2(CCN(c3ncc(Sc4ncnc5ccccc45)c4nccn34)CC2)[C@@H]1NC(=O)OC(C)(C)C.Clc1ncnc2ccccc12.N=N/N=N/N=N/N=N/N=N/N=N/N=N/N=N/N.[Na+].[SH-]. The fourth-order valence-electron chi connectivity index (χ4n) is 16.1. The van der Waals surface area contributed by atoms with Crippen LogP contribution in [-0.2, 0) is 37.2 Å². The molecule has 45 nitrogen and oxygen atoms in total. The number of imidazole rings is 3. The number of carbonyl (C=O) groups is 2. The number of amides is 2. The number of hydrogen-bond acceptors (Lipinski definition) is 28. The van der Waals surface area contributed by atoms with Crippen LogP contribution in [-0.4, -0.2) is 192 Å². The largest absolute Gasteiger partial charge is 1.00 e. The van der Waals surface area contributed by atoms with Crippen molar-refractivity contribution in [3.8, 4) is 0 Å². The molecule has 131 heavy (non-hydrogen) atoms. The fraction of sp³-hybridized carbons (Fsp3) is 0.457. The summed E-state index contributed by atoms with van der Waals surface area (Å²) in [5.74, 6) is 7.24. The predicted octanol–water partition coefficient (Wildman–Crippen LogP) is 13.1. The summed E-state index contributed by atoms with van der Waals surface area (Å²) in [7, 11) is 0. The average molecular weight is 1880 g/mol. The van der Waals surface area contributed by atoms with Gasteiger partial charge in [0.1, 0.15) is 45.4 Å². The molecular formula is C81H103ClN38NaO7S3-. The van der Waals surface area contributed by atoms with E-state index in [2.05, 4.69) is 177 Å². The third kappa shape index (κ3) is 24.9. The van der Waals surface area contributed by atoms with E-state index < -0.39 is 17.3 Å². The number of nitrogens with one attached hydrogen (secondary N) is 3. The van der Waals surface area contributed by atoms with Gasteiger partial charge in [-0.2, -0.15) is 5.53 Å². The van der Waals surface area contributed by atoms with E-state index in [4.69, 9.17) is 56.5 Å². The minimum Gasteiger partial charge on any atom is -0.813 e. The molecule has 6 aliphatic rings. The second-order valence-corrected chi connectivity index (χ2v) is 34.9. The molecule has 6 fully saturated rings. The Balaban J connectivity index is 0.000000177. The molecule has 18 rings (SSSR count). The van der Waals surface area contributed by atoms with Crippen LogP contribution in [0.5, 0.6) is 0 Å². The maximum Gasteiger partial charge on any atom is 1.00 e. The smallest absolute Gasteiger partial charge is 0.813 e. The molecule has 6 atom stereocenters. The van der Waals surface area contributed by atoms with Gasteiger partial charge in [-0.1, -0.05) is 104 Å². The van der Waals surface area contributed by atoms with Gasteiger partial charge in [-0.25, -0.2) is 59.4 Å². The van der Waals surface area contributed by atoms with Crippen molar-refractivity contribution in [1.82, 2.24) is 83.6 Å². The molecule has 15 heterocycles. The molecular weight excluding hydrogens is 1770 g/mol. The predicted molar refractivity (Wildman–Crippen MR) is 487 cm³/mol. The molecule has 0 bridgehead atoms. The van der Waals surface area contributed by atoms with E-state index in [1.54, 1.807) is 54.8 Å². The summed E-state index contributed by atoms with van der Waals surface area (Å²) < 4.78 is 35.0. The van der Waals surface area contributed by atoms with E-state index in [9.17, 15) is 9.59 Å². The molecule has 9 aromatic heterocycles. The molecule has 6 aliphatic heterocycles. The zero-order valence-electron chi connectivity index (χ0n) is 72.3. The first kappa shape index (κ1) is 101. The molecule has 0 radical (unpaired) electrons. The van der Waals surface area contributed by atoms with Gasteiger partial charge in [-0.05, 0) is 204 Å². The van der Waals surface area contributed by atoms with Gasteiger partial charge in [0.2, 0.25) is 17.8 Å². The normalized spacial score (nSPS) is 19.8. The minimum absolute atomic E-state index is 0. The monoisotopic (exact) mass is 1870 g/mol. The summed E-state index contributed by atoms with van der Waals surface area (Å²) in [6.45, 7) is 24.5. The van der Waals surface area contributed by atoms with Crippen LogP contribution in [0.3, 0.4) is 0 Å². The quantitative estimate of drug-likeness (QED) is 0.00876. The molecule has 0 aliphatic carbocycles. The zero-order valence-corrected chi connectivity index (χ0v) is 77.6. The van der Waals surface area contributed by atoms with Gasteiger partial charge < -0.3 is 84.6 Å². The topological polar surface area (TPSA) is 543 Å². The number of aromatic nitrogens is 15. The summed E-state index contributed by atoms with van der Waals surface area (Å²) >= 11 is 8.93. The Bertz CT molecular complexity index is 6020. The number of nitrogens with two attached hydrogens (primary N) is 2. The number of thiol groups is 1. The number of rotatable bonds is 16. The number of piperidine rings is 3. The molecule has 0 unspecified atom stereocenters. The first-order valence-corrected chi connectivity index (χ1v) is 42.6. The third-order valence-corrected chi connectivity index (χ3v) is 24.7. The Hall–Kier alpha value is -11.7. The van der Waals surface area contributed by atoms with Crippen molar-refractivity contribution in [3.05, 3.63) is 159 Å². The Morgan fingerprint density at radius 2 is 0.863 bits per heavy atom. The molecule has 2 amide bonds. The number of nitrogens with zero attached hydrogens (tertiary/aromatic N) is 33. The average Bonchev–Trinajstić information content (AvgIpc) is 1.65. The van der Waals surface area contributed by atoms with Gasteiger partial charge in [0.25, 0.3) is 0 Å². The van der Waals surface area contributed by atoms with E-state index in [1.165, 1.54) is 6.33 Å². The molecule has 50 heteroatoms. The second-order valence-electron chi connectivity index (χ2n) is 32.4. The van der Waals surface area contributed by atoms with Crippen LogP contribution < -0.4 is 66.5 Å². The molecule has 6 saturated heterocycles.